The quantitative estimate of drug-likeness (QED) is 0.371. The van der Waals surface area contributed by atoms with E-state index in [-0.39, 0.29) is 11.7 Å². The summed E-state index contributed by atoms with van der Waals surface area (Å²) in [5, 5.41) is 12.4. The molecule has 1 heterocycles. The smallest absolute Gasteiger partial charge is 0.257 e. The number of methoxy groups -OCH3 is 2. The van der Waals surface area contributed by atoms with Crippen molar-refractivity contribution in [1.82, 2.24) is 9.97 Å². The molecule has 0 fully saturated rings. The van der Waals surface area contributed by atoms with Gasteiger partial charge in [0.25, 0.3) is 5.91 Å². The molecule has 3 N–H and O–H groups in total. The molecule has 0 radical (unpaired) electrons. The Kier molecular flexibility index (Phi) is 6.59. The molecule has 33 heavy (non-hydrogen) atoms. The van der Waals surface area contributed by atoms with Crippen LogP contribution in [0.15, 0.2) is 72.8 Å². The molecule has 0 saturated heterocycles. The number of anilines is 1. The largest absolute Gasteiger partial charge is 0.508 e. The number of ether oxygens (including phenoxy) is 2. The van der Waals surface area contributed by atoms with Crippen molar-refractivity contribution in [2.75, 3.05) is 19.5 Å². The molecular formula is C26H25N3O4. The summed E-state index contributed by atoms with van der Waals surface area (Å²) < 4.78 is 10.4. The zero-order chi connectivity index (χ0) is 23.2. The number of nitrogens with one attached hydrogen (secondary N) is 2. The average molecular weight is 444 g/mol. The highest BCUT2D eigenvalue weighted by Gasteiger charge is 2.15. The fourth-order valence-corrected chi connectivity index (χ4v) is 3.47. The van der Waals surface area contributed by atoms with Gasteiger partial charge in [0, 0.05) is 24.1 Å². The lowest BCUT2D eigenvalue weighted by atomic mass is 10.0. The van der Waals surface area contributed by atoms with Crippen LogP contribution in [0.3, 0.4) is 0 Å². The lowest BCUT2D eigenvalue weighted by Crippen LogP contribution is -2.13. The highest BCUT2D eigenvalue weighted by molar-refractivity contribution is 6.03. The Morgan fingerprint density at radius 1 is 0.848 bits per heavy atom. The lowest BCUT2D eigenvalue weighted by Gasteiger charge is -2.05. The van der Waals surface area contributed by atoms with E-state index in [0.29, 0.717) is 30.1 Å². The van der Waals surface area contributed by atoms with Crippen LogP contribution in [0.1, 0.15) is 32.9 Å². The molecule has 0 bridgehead atoms. The van der Waals surface area contributed by atoms with Gasteiger partial charge in [-0.05, 0) is 59.7 Å². The number of benzene rings is 3. The summed E-state index contributed by atoms with van der Waals surface area (Å²) in [6.45, 7) is 0. The van der Waals surface area contributed by atoms with E-state index in [4.69, 9.17) is 9.47 Å². The normalized spacial score (nSPS) is 10.6. The van der Waals surface area contributed by atoms with E-state index in [1.54, 1.807) is 50.6 Å². The number of imidazole rings is 1. The van der Waals surface area contributed by atoms with Crippen LogP contribution < -0.4 is 14.8 Å². The molecule has 3 aromatic carbocycles. The second-order valence-electron chi connectivity index (χ2n) is 7.56. The first-order valence-electron chi connectivity index (χ1n) is 10.5. The van der Waals surface area contributed by atoms with Crippen LogP contribution in [-0.4, -0.2) is 35.2 Å². The van der Waals surface area contributed by atoms with E-state index in [0.717, 1.165) is 28.3 Å². The van der Waals surface area contributed by atoms with Crippen molar-refractivity contribution in [3.63, 3.8) is 0 Å². The standard InChI is InChI=1S/C26H25N3O4/c1-32-21-11-5-18(6-12-21)16-24-23(15-17-3-9-20(30)10-4-17)27-26(28-24)29-25(31)19-7-13-22(33-2)14-8-19/h3-14,30H,15-16H2,1-2H3,(H2,27,28,29,31). The third-order valence-electron chi connectivity index (χ3n) is 5.30. The third-order valence-corrected chi connectivity index (χ3v) is 5.30. The monoisotopic (exact) mass is 443 g/mol. The zero-order valence-electron chi connectivity index (χ0n) is 18.5. The molecule has 1 amide bonds. The van der Waals surface area contributed by atoms with E-state index in [2.05, 4.69) is 15.3 Å². The van der Waals surface area contributed by atoms with Crippen molar-refractivity contribution < 1.29 is 19.4 Å². The van der Waals surface area contributed by atoms with Gasteiger partial charge in [0.05, 0.1) is 19.9 Å². The summed E-state index contributed by atoms with van der Waals surface area (Å²) >= 11 is 0. The number of aromatic hydroxyl groups is 1. The molecule has 0 spiro atoms. The number of aromatic nitrogens is 2. The fourth-order valence-electron chi connectivity index (χ4n) is 3.47. The first-order valence-corrected chi connectivity index (χ1v) is 10.5. The molecule has 0 aliphatic heterocycles. The Hall–Kier alpha value is -4.26. The molecule has 7 nitrogen and oxygen atoms in total. The number of carbonyl (C=O) groups excluding carboxylic acids is 1. The number of amides is 1. The van der Waals surface area contributed by atoms with Crippen LogP contribution >= 0.6 is 0 Å². The van der Waals surface area contributed by atoms with Crippen LogP contribution in [0.2, 0.25) is 0 Å². The molecule has 0 saturated carbocycles. The van der Waals surface area contributed by atoms with Gasteiger partial charge in [-0.15, -0.1) is 0 Å². The molecule has 4 rings (SSSR count). The van der Waals surface area contributed by atoms with Crippen molar-refractivity contribution in [2.45, 2.75) is 12.8 Å². The number of hydrogen-bond acceptors (Lipinski definition) is 5. The fraction of sp³-hybridized carbons (Fsp3) is 0.154. The number of carbonyl (C=O) groups is 1. The number of H-pyrrole nitrogens is 1. The summed E-state index contributed by atoms with van der Waals surface area (Å²) in [6, 6.07) is 21.7. The average Bonchev–Trinajstić information content (AvgIpc) is 3.21. The van der Waals surface area contributed by atoms with Gasteiger partial charge in [-0.1, -0.05) is 24.3 Å². The maximum absolute atomic E-state index is 12.7. The van der Waals surface area contributed by atoms with Gasteiger partial charge in [0.2, 0.25) is 5.95 Å². The van der Waals surface area contributed by atoms with Crippen molar-refractivity contribution in [3.05, 3.63) is 101 Å². The number of phenols is 1. The highest BCUT2D eigenvalue weighted by Crippen LogP contribution is 2.22. The van der Waals surface area contributed by atoms with Gasteiger partial charge < -0.3 is 19.6 Å². The summed E-state index contributed by atoms with van der Waals surface area (Å²) in [6.07, 6.45) is 1.17. The Bertz CT molecular complexity index is 1210. The zero-order valence-corrected chi connectivity index (χ0v) is 18.5. The minimum atomic E-state index is -0.265. The summed E-state index contributed by atoms with van der Waals surface area (Å²) in [5.74, 6) is 1.81. The summed E-state index contributed by atoms with van der Waals surface area (Å²) in [5.41, 5.74) is 4.31. The molecule has 0 aliphatic rings. The van der Waals surface area contributed by atoms with Gasteiger partial charge in [0.15, 0.2) is 0 Å². The van der Waals surface area contributed by atoms with E-state index >= 15 is 0 Å². The van der Waals surface area contributed by atoms with Crippen LogP contribution in [0, 0.1) is 0 Å². The Labute approximate surface area is 192 Å². The van der Waals surface area contributed by atoms with Crippen molar-refractivity contribution in [3.8, 4) is 17.2 Å². The van der Waals surface area contributed by atoms with E-state index in [1.807, 2.05) is 36.4 Å². The van der Waals surface area contributed by atoms with Crippen LogP contribution in [0.5, 0.6) is 17.2 Å². The topological polar surface area (TPSA) is 96.5 Å². The number of rotatable bonds is 8. The van der Waals surface area contributed by atoms with Gasteiger partial charge in [-0.2, -0.15) is 0 Å². The van der Waals surface area contributed by atoms with Crippen molar-refractivity contribution in [1.29, 1.82) is 0 Å². The molecule has 0 unspecified atom stereocenters. The van der Waals surface area contributed by atoms with Gasteiger partial charge in [-0.3, -0.25) is 10.1 Å². The molecule has 0 aliphatic carbocycles. The second kappa shape index (κ2) is 9.91. The van der Waals surface area contributed by atoms with Crippen LogP contribution in [-0.2, 0) is 12.8 Å². The van der Waals surface area contributed by atoms with Gasteiger partial charge in [0.1, 0.15) is 17.2 Å². The Morgan fingerprint density at radius 2 is 1.39 bits per heavy atom. The first-order chi connectivity index (χ1) is 16.0. The van der Waals surface area contributed by atoms with E-state index in [1.165, 1.54) is 0 Å². The molecule has 168 valence electrons. The summed E-state index contributed by atoms with van der Waals surface area (Å²) in [4.78, 5) is 20.6. The molecule has 7 heteroatoms. The van der Waals surface area contributed by atoms with Crippen LogP contribution in [0.4, 0.5) is 5.95 Å². The number of hydrogen-bond donors (Lipinski definition) is 3. The predicted octanol–water partition coefficient (Wildman–Crippen LogP) is 4.57. The van der Waals surface area contributed by atoms with Crippen molar-refractivity contribution >= 4 is 11.9 Å². The lowest BCUT2D eigenvalue weighted by molar-refractivity contribution is 0.102. The highest BCUT2D eigenvalue weighted by atomic mass is 16.5. The second-order valence-corrected chi connectivity index (χ2v) is 7.56. The predicted molar refractivity (Wildman–Crippen MR) is 126 cm³/mol. The molecular weight excluding hydrogens is 418 g/mol. The Morgan fingerprint density at radius 3 is 2.00 bits per heavy atom. The number of aromatic amines is 1. The van der Waals surface area contributed by atoms with Gasteiger partial charge in [-0.25, -0.2) is 4.98 Å². The van der Waals surface area contributed by atoms with Gasteiger partial charge >= 0.3 is 0 Å². The maximum atomic E-state index is 12.7. The minimum absolute atomic E-state index is 0.215. The molecule has 0 atom stereocenters. The van der Waals surface area contributed by atoms with Crippen molar-refractivity contribution in [2.24, 2.45) is 0 Å². The molecule has 4 aromatic rings. The number of nitrogens with zero attached hydrogens (tertiary/aromatic N) is 1. The first kappa shape index (κ1) is 22.0. The SMILES string of the molecule is COc1ccc(Cc2[nH]c(NC(=O)c3ccc(OC)cc3)nc2Cc2ccc(O)cc2)cc1. The van der Waals surface area contributed by atoms with E-state index in [9.17, 15) is 9.90 Å². The number of phenolic OH excluding ortho intramolecular Hbond substituents is 1. The van der Waals surface area contributed by atoms with Crippen LogP contribution in [0.25, 0.3) is 0 Å². The minimum Gasteiger partial charge on any atom is -0.508 e. The Balaban J connectivity index is 1.58. The summed E-state index contributed by atoms with van der Waals surface area (Å²) in [7, 11) is 3.22. The maximum Gasteiger partial charge on any atom is 0.257 e. The third kappa shape index (κ3) is 5.51. The van der Waals surface area contributed by atoms with E-state index < -0.39 is 0 Å². The molecule has 1 aromatic heterocycles.